The number of ether oxygens (including phenoxy) is 1. The van der Waals surface area contributed by atoms with Crippen LogP contribution in [0.2, 0.25) is 0 Å². The van der Waals surface area contributed by atoms with Gasteiger partial charge in [-0.1, -0.05) is 48.5 Å². The van der Waals surface area contributed by atoms with Crippen molar-refractivity contribution in [2.45, 2.75) is 12.6 Å². The molecule has 0 saturated heterocycles. The van der Waals surface area contributed by atoms with Crippen LogP contribution in [0.25, 0.3) is 0 Å². The van der Waals surface area contributed by atoms with E-state index in [1.807, 2.05) is 54.4 Å². The molecule has 0 bridgehead atoms. The summed E-state index contributed by atoms with van der Waals surface area (Å²) in [4.78, 5) is 14.0. The van der Waals surface area contributed by atoms with Gasteiger partial charge in [0, 0.05) is 18.7 Å². The fourth-order valence-corrected chi connectivity index (χ4v) is 2.51. The first-order valence-electron chi connectivity index (χ1n) is 7.90. The number of hydrogen-bond acceptors (Lipinski definition) is 4. The zero-order chi connectivity index (χ0) is 17.4. The lowest BCUT2D eigenvalue weighted by Gasteiger charge is -2.18. The van der Waals surface area contributed by atoms with Crippen molar-refractivity contribution >= 4 is 5.91 Å². The fraction of sp³-hybridized carbons (Fsp3) is 0.316. The van der Waals surface area contributed by atoms with Gasteiger partial charge >= 0.3 is 0 Å². The highest BCUT2D eigenvalue weighted by Gasteiger charge is 2.14. The number of rotatable bonds is 8. The molecule has 1 atom stereocenters. The van der Waals surface area contributed by atoms with Crippen LogP contribution >= 0.6 is 0 Å². The summed E-state index contributed by atoms with van der Waals surface area (Å²) in [6, 6.07) is 17.2. The number of para-hydroxylation sites is 1. The Balaban J connectivity index is 1.80. The molecule has 0 aliphatic heterocycles. The van der Waals surface area contributed by atoms with Crippen LogP contribution in [0.15, 0.2) is 54.6 Å². The molecule has 0 saturated carbocycles. The number of hydrogen-bond donors (Lipinski definition) is 2. The van der Waals surface area contributed by atoms with Gasteiger partial charge in [-0.2, -0.15) is 0 Å². The second-order valence-electron chi connectivity index (χ2n) is 5.72. The summed E-state index contributed by atoms with van der Waals surface area (Å²) in [6.45, 7) is 1.12. The predicted molar refractivity (Wildman–Crippen MR) is 93.7 cm³/mol. The quantitative estimate of drug-likeness (QED) is 0.778. The first kappa shape index (κ1) is 18.0. The van der Waals surface area contributed by atoms with E-state index in [9.17, 15) is 9.90 Å². The second kappa shape index (κ2) is 9.05. The SMILES string of the molecule is COc1ccccc1C(O)CNC(=O)CN(C)Cc1ccccc1. The van der Waals surface area contributed by atoms with Crippen molar-refractivity contribution in [2.75, 3.05) is 27.2 Å². The molecule has 0 aliphatic carbocycles. The Kier molecular flexibility index (Phi) is 6.78. The standard InChI is InChI=1S/C19H24N2O3/c1-21(13-15-8-4-3-5-9-15)14-19(23)20-12-17(22)16-10-6-7-11-18(16)24-2/h3-11,17,22H,12-14H2,1-2H3,(H,20,23). The summed E-state index contributed by atoms with van der Waals surface area (Å²) in [6.07, 6.45) is -0.801. The van der Waals surface area contributed by atoms with Gasteiger partial charge in [0.1, 0.15) is 5.75 Å². The Morgan fingerprint density at radius 1 is 1.17 bits per heavy atom. The number of nitrogens with zero attached hydrogens (tertiary/aromatic N) is 1. The number of benzene rings is 2. The van der Waals surface area contributed by atoms with Gasteiger partial charge in [0.25, 0.3) is 0 Å². The minimum Gasteiger partial charge on any atom is -0.496 e. The van der Waals surface area contributed by atoms with Crippen LogP contribution in [0, 0.1) is 0 Å². The average molecular weight is 328 g/mol. The molecule has 2 aromatic carbocycles. The summed E-state index contributed by atoms with van der Waals surface area (Å²) in [5.74, 6) is 0.489. The topological polar surface area (TPSA) is 61.8 Å². The number of carbonyl (C=O) groups excluding carboxylic acids is 1. The molecule has 2 aromatic rings. The van der Waals surface area contributed by atoms with Crippen molar-refractivity contribution in [3.05, 3.63) is 65.7 Å². The number of likely N-dealkylation sites (N-methyl/N-ethyl adjacent to an activating group) is 1. The van der Waals surface area contributed by atoms with Crippen LogP contribution in [0.3, 0.4) is 0 Å². The summed E-state index contributed by atoms with van der Waals surface area (Å²) < 4.78 is 5.22. The summed E-state index contributed by atoms with van der Waals surface area (Å²) >= 11 is 0. The molecule has 1 unspecified atom stereocenters. The Morgan fingerprint density at radius 3 is 2.54 bits per heavy atom. The van der Waals surface area contributed by atoms with Gasteiger partial charge in [0.2, 0.25) is 5.91 Å². The third kappa shape index (κ3) is 5.37. The zero-order valence-corrected chi connectivity index (χ0v) is 14.1. The molecule has 128 valence electrons. The third-order valence-electron chi connectivity index (χ3n) is 3.70. The zero-order valence-electron chi connectivity index (χ0n) is 14.1. The predicted octanol–water partition coefficient (Wildman–Crippen LogP) is 1.98. The van der Waals surface area contributed by atoms with E-state index in [4.69, 9.17) is 4.74 Å². The Morgan fingerprint density at radius 2 is 1.83 bits per heavy atom. The van der Waals surface area contributed by atoms with E-state index in [-0.39, 0.29) is 19.0 Å². The molecule has 2 N–H and O–H groups in total. The van der Waals surface area contributed by atoms with Crippen LogP contribution in [-0.4, -0.2) is 43.2 Å². The normalized spacial score (nSPS) is 12.0. The van der Waals surface area contributed by atoms with Crippen molar-refractivity contribution in [3.8, 4) is 5.75 Å². The van der Waals surface area contributed by atoms with Gasteiger partial charge in [0.15, 0.2) is 0 Å². The summed E-state index contributed by atoms with van der Waals surface area (Å²) in [7, 11) is 3.45. The first-order chi connectivity index (χ1) is 11.6. The smallest absolute Gasteiger partial charge is 0.234 e. The molecule has 0 aromatic heterocycles. The molecule has 1 amide bonds. The van der Waals surface area contributed by atoms with Gasteiger partial charge in [-0.25, -0.2) is 0 Å². The van der Waals surface area contributed by atoms with Gasteiger partial charge in [0.05, 0.1) is 19.8 Å². The molecule has 0 heterocycles. The molecule has 5 heteroatoms. The summed E-state index contributed by atoms with van der Waals surface area (Å²) in [5.41, 5.74) is 1.82. The average Bonchev–Trinajstić information content (AvgIpc) is 2.60. The van der Waals surface area contributed by atoms with Crippen molar-refractivity contribution in [2.24, 2.45) is 0 Å². The maximum atomic E-state index is 12.0. The monoisotopic (exact) mass is 328 g/mol. The molecule has 24 heavy (non-hydrogen) atoms. The van der Waals surface area contributed by atoms with Crippen molar-refractivity contribution in [1.29, 1.82) is 0 Å². The molecule has 0 radical (unpaired) electrons. The van der Waals surface area contributed by atoms with Crippen LogP contribution < -0.4 is 10.1 Å². The van der Waals surface area contributed by atoms with Gasteiger partial charge < -0.3 is 15.2 Å². The molecule has 0 fully saturated rings. The van der Waals surface area contributed by atoms with E-state index in [2.05, 4.69) is 5.32 Å². The van der Waals surface area contributed by atoms with Crippen LogP contribution in [0.4, 0.5) is 0 Å². The molecular formula is C19H24N2O3. The number of nitrogens with one attached hydrogen (secondary N) is 1. The highest BCUT2D eigenvalue weighted by atomic mass is 16.5. The van der Waals surface area contributed by atoms with Gasteiger partial charge in [-0.3, -0.25) is 9.69 Å². The summed E-state index contributed by atoms with van der Waals surface area (Å²) in [5, 5.41) is 13.0. The Labute approximate surface area is 142 Å². The number of amides is 1. The number of aliphatic hydroxyl groups excluding tert-OH is 1. The van der Waals surface area contributed by atoms with Crippen molar-refractivity contribution in [1.82, 2.24) is 10.2 Å². The lowest BCUT2D eigenvalue weighted by molar-refractivity contribution is -0.122. The first-order valence-corrected chi connectivity index (χ1v) is 7.90. The lowest BCUT2D eigenvalue weighted by atomic mass is 10.1. The molecule has 5 nitrogen and oxygen atoms in total. The maximum Gasteiger partial charge on any atom is 0.234 e. The van der Waals surface area contributed by atoms with Gasteiger partial charge in [-0.05, 0) is 18.7 Å². The molecule has 0 spiro atoms. The second-order valence-corrected chi connectivity index (χ2v) is 5.72. The van der Waals surface area contributed by atoms with Crippen molar-refractivity contribution in [3.63, 3.8) is 0 Å². The largest absolute Gasteiger partial charge is 0.496 e. The Hall–Kier alpha value is -2.37. The molecule has 0 aliphatic rings. The number of aliphatic hydroxyl groups is 1. The number of methoxy groups -OCH3 is 1. The highest BCUT2D eigenvalue weighted by molar-refractivity contribution is 5.78. The van der Waals surface area contributed by atoms with E-state index in [0.717, 1.165) is 5.56 Å². The third-order valence-corrected chi connectivity index (χ3v) is 3.70. The van der Waals surface area contributed by atoms with E-state index in [1.165, 1.54) is 0 Å². The fourth-order valence-electron chi connectivity index (χ4n) is 2.51. The van der Waals surface area contributed by atoms with E-state index < -0.39 is 6.10 Å². The number of carbonyl (C=O) groups is 1. The van der Waals surface area contributed by atoms with Gasteiger partial charge in [-0.15, -0.1) is 0 Å². The maximum absolute atomic E-state index is 12.0. The van der Waals surface area contributed by atoms with Crippen LogP contribution in [-0.2, 0) is 11.3 Å². The van der Waals surface area contributed by atoms with E-state index >= 15 is 0 Å². The van der Waals surface area contributed by atoms with E-state index in [1.54, 1.807) is 19.2 Å². The van der Waals surface area contributed by atoms with Crippen molar-refractivity contribution < 1.29 is 14.6 Å². The molecule has 2 rings (SSSR count). The van der Waals surface area contributed by atoms with E-state index in [0.29, 0.717) is 17.9 Å². The Bertz CT molecular complexity index is 646. The lowest BCUT2D eigenvalue weighted by Crippen LogP contribution is -2.37. The minimum absolute atomic E-state index is 0.123. The van der Waals surface area contributed by atoms with Crippen LogP contribution in [0.1, 0.15) is 17.2 Å². The highest BCUT2D eigenvalue weighted by Crippen LogP contribution is 2.23. The van der Waals surface area contributed by atoms with Crippen LogP contribution in [0.5, 0.6) is 5.75 Å². The molecular weight excluding hydrogens is 304 g/mol. The minimum atomic E-state index is -0.801.